The first-order valence-electron chi connectivity index (χ1n) is 1.10. The maximum Gasteiger partial charge on any atom is 1.00 e. The smallest absolute Gasteiger partial charge is 0.747 e. The second-order valence-electron chi connectivity index (χ2n) is 0.687. The third kappa shape index (κ3) is 10.9. The number of rotatable bonds is 1. The van der Waals surface area contributed by atoms with Crippen LogP contribution >= 0.6 is 12.6 Å². The van der Waals surface area contributed by atoms with E-state index in [-0.39, 0.29) is 18.9 Å². The van der Waals surface area contributed by atoms with E-state index in [1.54, 1.807) is 0 Å². The molecule has 0 aliphatic rings. The van der Waals surface area contributed by atoms with Crippen molar-refractivity contribution in [3.05, 3.63) is 0 Å². The first-order valence-corrected chi connectivity index (χ1v) is 3.31. The average Bonchev–Trinajstić information content (AvgIpc) is 1.35. The predicted octanol–water partition coefficient (Wildman–Crippen LogP) is -3.58. The van der Waals surface area contributed by atoms with Crippen molar-refractivity contribution in [2.24, 2.45) is 0 Å². The second kappa shape index (κ2) is 3.81. The molecule has 0 N–H and O–H groups in total. The van der Waals surface area contributed by atoms with Gasteiger partial charge in [-0.05, 0) is 0 Å². The second-order valence-corrected chi connectivity index (χ2v) is 2.83. The Labute approximate surface area is 59.8 Å². The summed E-state index contributed by atoms with van der Waals surface area (Å²) in [5.41, 5.74) is 0. The van der Waals surface area contributed by atoms with Gasteiger partial charge in [0, 0.05) is 0 Å². The van der Waals surface area contributed by atoms with E-state index in [2.05, 4.69) is 12.6 Å². The third-order valence-electron chi connectivity index (χ3n) is 0.158. The molecule has 0 bridgehead atoms. The van der Waals surface area contributed by atoms with Gasteiger partial charge in [0.25, 0.3) is 0 Å². The van der Waals surface area contributed by atoms with E-state index in [1.165, 1.54) is 0 Å². The molecule has 0 aromatic carbocycles. The van der Waals surface area contributed by atoms with Crippen LogP contribution in [0.15, 0.2) is 0 Å². The van der Waals surface area contributed by atoms with Crippen molar-refractivity contribution in [2.75, 3.05) is 5.08 Å². The summed E-state index contributed by atoms with van der Waals surface area (Å²) in [4.78, 5) is 0. The van der Waals surface area contributed by atoms with E-state index in [9.17, 15) is 13.0 Å². The van der Waals surface area contributed by atoms with Crippen LogP contribution in [-0.4, -0.2) is 18.1 Å². The summed E-state index contributed by atoms with van der Waals surface area (Å²) in [6.45, 7) is 0. The Morgan fingerprint density at radius 3 is 1.71 bits per heavy atom. The molecule has 0 unspecified atom stereocenters. The van der Waals surface area contributed by atoms with E-state index in [1.807, 2.05) is 0 Å². The summed E-state index contributed by atoms with van der Waals surface area (Å²) in [5, 5.41) is -0.618. The molecule has 0 radical (unpaired) electrons. The van der Waals surface area contributed by atoms with Gasteiger partial charge in [-0.1, -0.05) is 0 Å². The van der Waals surface area contributed by atoms with Crippen molar-refractivity contribution in [1.82, 2.24) is 0 Å². The van der Waals surface area contributed by atoms with Crippen LogP contribution < -0.4 is 18.9 Å². The molecule has 0 heterocycles. The first kappa shape index (κ1) is 10.8. The predicted molar refractivity (Wildman–Crippen MR) is 23.6 cm³/mol. The normalized spacial score (nSPS) is 10.0. The van der Waals surface area contributed by atoms with Crippen molar-refractivity contribution >= 4 is 22.7 Å². The Kier molecular flexibility index (Phi) is 5.86. The zero-order valence-electron chi connectivity index (χ0n) is 3.79. The molecule has 0 rings (SSSR count). The number of hydrogen-bond donors (Lipinski definition) is 1. The van der Waals surface area contributed by atoms with Crippen molar-refractivity contribution in [2.45, 2.75) is 0 Å². The Morgan fingerprint density at radius 1 is 1.57 bits per heavy atom. The zero-order valence-corrected chi connectivity index (χ0v) is 5.50. The van der Waals surface area contributed by atoms with Gasteiger partial charge in [0.2, 0.25) is 0 Å². The van der Waals surface area contributed by atoms with E-state index >= 15 is 0 Å². The molecule has 0 atom stereocenters. The van der Waals surface area contributed by atoms with Crippen LogP contribution in [0, 0.1) is 0 Å². The van der Waals surface area contributed by atoms with Gasteiger partial charge < -0.3 is 4.55 Å². The summed E-state index contributed by atoms with van der Waals surface area (Å²) in [6.07, 6.45) is 0. The molecule has 0 aliphatic heterocycles. The Balaban J connectivity index is 0. The van der Waals surface area contributed by atoms with Crippen molar-refractivity contribution < 1.29 is 31.8 Å². The third-order valence-corrected chi connectivity index (χ3v) is 1.42. The minimum Gasteiger partial charge on any atom is -0.747 e. The van der Waals surface area contributed by atoms with Gasteiger partial charge in [-0.2, -0.15) is 12.6 Å². The first-order chi connectivity index (χ1) is 2.56. The maximum atomic E-state index is 9.37. The SMILES string of the molecule is O=S(=O)([O-])CS.[Li+]. The van der Waals surface area contributed by atoms with Crippen LogP contribution in [0.1, 0.15) is 0 Å². The maximum absolute atomic E-state index is 9.37. The molecule has 0 saturated heterocycles. The monoisotopic (exact) mass is 134 g/mol. The molecule has 3 nitrogen and oxygen atoms in total. The summed E-state index contributed by atoms with van der Waals surface area (Å²) >= 11 is 3.20. The van der Waals surface area contributed by atoms with Crippen molar-refractivity contribution in [3.8, 4) is 0 Å². The van der Waals surface area contributed by atoms with Gasteiger partial charge in [0.05, 0.1) is 5.08 Å². The molecule has 0 aliphatic carbocycles. The fraction of sp³-hybridized carbons (Fsp3) is 1.00. The molecular weight excluding hydrogens is 131 g/mol. The van der Waals surface area contributed by atoms with Gasteiger partial charge in [0.15, 0.2) is 0 Å². The molecule has 7 heavy (non-hydrogen) atoms. The fourth-order valence-corrected chi connectivity index (χ4v) is 0. The van der Waals surface area contributed by atoms with Gasteiger partial charge >= 0.3 is 18.9 Å². The summed E-state index contributed by atoms with van der Waals surface area (Å²) in [5.74, 6) is 0. The van der Waals surface area contributed by atoms with Gasteiger partial charge in [-0.15, -0.1) is 0 Å². The summed E-state index contributed by atoms with van der Waals surface area (Å²) < 4.78 is 28.1. The Bertz CT molecular complexity index is 115. The van der Waals surface area contributed by atoms with Crippen LogP contribution in [-0.2, 0) is 10.1 Å². The van der Waals surface area contributed by atoms with Crippen molar-refractivity contribution in [1.29, 1.82) is 0 Å². The fourth-order valence-electron chi connectivity index (χ4n) is 0. The number of thiol groups is 1. The van der Waals surface area contributed by atoms with Crippen molar-refractivity contribution in [3.63, 3.8) is 0 Å². The molecule has 6 heteroatoms. The molecule has 0 aromatic rings. The molecular formula is CH3LiO3S2. The summed E-state index contributed by atoms with van der Waals surface area (Å²) in [7, 11) is -4.05. The van der Waals surface area contributed by atoms with Crippen LogP contribution in [0.25, 0.3) is 0 Å². The van der Waals surface area contributed by atoms with Gasteiger partial charge in [0.1, 0.15) is 10.1 Å². The molecule has 0 amide bonds. The van der Waals surface area contributed by atoms with Crippen LogP contribution in [0.4, 0.5) is 0 Å². The Morgan fingerprint density at radius 2 is 1.71 bits per heavy atom. The largest absolute Gasteiger partial charge is 1.00 e. The van der Waals surface area contributed by atoms with E-state index < -0.39 is 15.2 Å². The molecule has 0 saturated carbocycles. The minimum absolute atomic E-state index is 0. The van der Waals surface area contributed by atoms with Crippen LogP contribution in [0.2, 0.25) is 0 Å². The topological polar surface area (TPSA) is 57.2 Å². The van der Waals surface area contributed by atoms with E-state index in [0.29, 0.717) is 0 Å². The quantitative estimate of drug-likeness (QED) is 0.229. The molecule has 0 aromatic heterocycles. The minimum atomic E-state index is -4.05. The van der Waals surface area contributed by atoms with E-state index in [0.717, 1.165) is 0 Å². The van der Waals surface area contributed by atoms with E-state index in [4.69, 9.17) is 0 Å². The molecule has 0 fully saturated rings. The standard InChI is InChI=1S/CH4O3S2.Li/c2-6(3,4)1-5;/h5H,1H2,(H,2,3,4);/q;+1/p-1. The number of hydrogen-bond acceptors (Lipinski definition) is 4. The van der Waals surface area contributed by atoms with Crippen LogP contribution in [0.5, 0.6) is 0 Å². The molecule has 0 spiro atoms. The zero-order chi connectivity index (χ0) is 5.21. The summed E-state index contributed by atoms with van der Waals surface area (Å²) in [6, 6.07) is 0. The molecule has 38 valence electrons. The average molecular weight is 134 g/mol. The van der Waals surface area contributed by atoms with Gasteiger partial charge in [-0.25, -0.2) is 8.42 Å². The van der Waals surface area contributed by atoms with Crippen LogP contribution in [0.3, 0.4) is 0 Å². The Hall–Kier alpha value is 0.857. The van der Waals surface area contributed by atoms with Gasteiger partial charge in [-0.3, -0.25) is 0 Å².